The number of hydrogen-bond donors (Lipinski definition) is 0. The summed E-state index contributed by atoms with van der Waals surface area (Å²) in [6.07, 6.45) is 0. The Morgan fingerprint density at radius 3 is 1.13 bits per heavy atom. The molecule has 0 bridgehead atoms. The zero-order valence-electron chi connectivity index (χ0n) is 13.3. The van der Waals surface area contributed by atoms with Crippen LogP contribution in [0.5, 0.6) is 0 Å². The summed E-state index contributed by atoms with van der Waals surface area (Å²) in [6, 6.07) is 32.8. The van der Waals surface area contributed by atoms with Crippen molar-refractivity contribution >= 4 is 48.7 Å². The average Bonchev–Trinajstić information content (AvgIpc) is 2.65. The second kappa shape index (κ2) is 10.6. The monoisotopic (exact) mass is 470 g/mol. The number of benzene rings is 3. The summed E-state index contributed by atoms with van der Waals surface area (Å²) in [5.74, 6) is 0. The molecular formula is C20H20GeOSn. The molecule has 3 aromatic rings. The van der Waals surface area contributed by atoms with Crippen LogP contribution in [0.2, 0.25) is 4.44 Å². The van der Waals surface area contributed by atoms with Crippen molar-refractivity contribution in [2.75, 3.05) is 0 Å². The first-order valence-corrected chi connectivity index (χ1v) is 14.1. The Balaban J connectivity index is 0.000000433. The van der Waals surface area contributed by atoms with E-state index in [2.05, 4.69) is 91.0 Å². The van der Waals surface area contributed by atoms with Crippen LogP contribution in [-0.4, -0.2) is 35.5 Å². The van der Waals surface area contributed by atoms with E-state index >= 15 is 0 Å². The van der Waals surface area contributed by atoms with Gasteiger partial charge in [0.25, 0.3) is 0 Å². The fourth-order valence-corrected chi connectivity index (χ4v) is 7.72. The van der Waals surface area contributed by atoms with Gasteiger partial charge in [-0.1, -0.05) is 0 Å². The molecular weight excluding hydrogens is 448 g/mol. The van der Waals surface area contributed by atoms with E-state index in [-0.39, 0.29) is 0 Å². The summed E-state index contributed by atoms with van der Waals surface area (Å²) >= 11 is -2.66. The zero-order valence-corrected chi connectivity index (χ0v) is 18.2. The molecule has 114 valence electrons. The molecule has 0 atom stereocenters. The predicted molar refractivity (Wildman–Crippen MR) is 101 cm³/mol. The second-order valence-electron chi connectivity index (χ2n) is 4.97. The summed E-state index contributed by atoms with van der Waals surface area (Å²) in [4.78, 5) is 0. The van der Waals surface area contributed by atoms with E-state index < -0.39 is 35.5 Å². The Kier molecular flexibility index (Phi) is 8.32. The van der Waals surface area contributed by atoms with Crippen LogP contribution in [0.3, 0.4) is 0 Å². The van der Waals surface area contributed by atoms with E-state index in [0.717, 1.165) is 4.44 Å². The predicted octanol–water partition coefficient (Wildman–Crippen LogP) is 2.68. The normalized spacial score (nSPS) is 9.83. The van der Waals surface area contributed by atoms with E-state index in [9.17, 15) is 3.08 Å². The molecule has 3 aromatic carbocycles. The van der Waals surface area contributed by atoms with Gasteiger partial charge >= 0.3 is 154 Å². The van der Waals surface area contributed by atoms with Crippen LogP contribution in [0.4, 0.5) is 0 Å². The fourth-order valence-electron chi connectivity index (χ4n) is 2.31. The molecule has 2 radical (unpaired) electrons. The Hall–Kier alpha value is -1.20. The summed E-state index contributed by atoms with van der Waals surface area (Å²) in [6.45, 7) is 1.94. The molecule has 3 rings (SSSR count). The van der Waals surface area contributed by atoms with E-state index in [1.165, 1.54) is 13.2 Å². The van der Waals surface area contributed by atoms with E-state index in [0.29, 0.717) is 0 Å². The SMILES string of the molecule is C[CH2][Sn]=[O].c1cc[c]([Ge]([c]2ccccc2)[c]2ccccc2)cc1. The van der Waals surface area contributed by atoms with E-state index in [4.69, 9.17) is 0 Å². The van der Waals surface area contributed by atoms with E-state index in [1.807, 2.05) is 6.92 Å². The van der Waals surface area contributed by atoms with Gasteiger partial charge < -0.3 is 0 Å². The Bertz CT molecular complexity index is 593. The standard InChI is InChI=1S/C18H15Ge.C2H5.O.Sn/c1-4-10-16(11-5-1)19(17-12-6-2-7-13-17)18-14-8-3-9-15-18;1-2;;/h1-15H;1H2,2H3;;. The van der Waals surface area contributed by atoms with Gasteiger partial charge in [0.15, 0.2) is 0 Å². The summed E-state index contributed by atoms with van der Waals surface area (Å²) < 4.78 is 14.9. The summed E-state index contributed by atoms with van der Waals surface area (Å²) in [7, 11) is 0. The first-order chi connectivity index (χ1) is 11.4. The van der Waals surface area contributed by atoms with Crippen molar-refractivity contribution in [1.82, 2.24) is 0 Å². The topological polar surface area (TPSA) is 17.1 Å². The second-order valence-corrected chi connectivity index (χ2v) is 13.0. The van der Waals surface area contributed by atoms with E-state index in [1.54, 1.807) is 0 Å². The van der Waals surface area contributed by atoms with Crippen molar-refractivity contribution in [2.24, 2.45) is 0 Å². The molecule has 0 aromatic heterocycles. The maximum atomic E-state index is 9.47. The third-order valence-electron chi connectivity index (χ3n) is 3.33. The van der Waals surface area contributed by atoms with Gasteiger partial charge in [0.1, 0.15) is 0 Å². The van der Waals surface area contributed by atoms with Gasteiger partial charge in [-0.3, -0.25) is 0 Å². The Morgan fingerprint density at radius 2 is 0.913 bits per heavy atom. The van der Waals surface area contributed by atoms with Gasteiger partial charge in [0.2, 0.25) is 0 Å². The number of rotatable bonds is 4. The van der Waals surface area contributed by atoms with Crippen LogP contribution in [0.25, 0.3) is 0 Å². The molecule has 0 fully saturated rings. The van der Waals surface area contributed by atoms with Gasteiger partial charge in [-0.25, -0.2) is 0 Å². The Morgan fingerprint density at radius 1 is 0.652 bits per heavy atom. The van der Waals surface area contributed by atoms with Crippen LogP contribution in [0, 0.1) is 0 Å². The summed E-state index contributed by atoms with van der Waals surface area (Å²) in [5.41, 5.74) is 0. The minimum absolute atomic E-state index is 0.934. The molecule has 0 aliphatic carbocycles. The first kappa shape index (κ1) is 18.1. The van der Waals surface area contributed by atoms with Crippen molar-refractivity contribution in [3.63, 3.8) is 0 Å². The first-order valence-electron chi connectivity index (χ1n) is 7.75. The molecule has 0 aliphatic heterocycles. The third kappa shape index (κ3) is 5.74. The van der Waals surface area contributed by atoms with Crippen LogP contribution in [0.15, 0.2) is 91.0 Å². The van der Waals surface area contributed by atoms with Crippen molar-refractivity contribution in [1.29, 1.82) is 0 Å². The minimum atomic E-state index is -1.63. The third-order valence-corrected chi connectivity index (χ3v) is 9.89. The molecule has 23 heavy (non-hydrogen) atoms. The molecule has 0 unspecified atom stereocenters. The molecule has 0 heterocycles. The van der Waals surface area contributed by atoms with Crippen molar-refractivity contribution in [3.8, 4) is 0 Å². The van der Waals surface area contributed by atoms with Crippen LogP contribution in [0.1, 0.15) is 6.92 Å². The average molecular weight is 468 g/mol. The maximum absolute atomic E-state index is 9.47. The summed E-state index contributed by atoms with van der Waals surface area (Å²) in [5, 5.41) is 0. The van der Waals surface area contributed by atoms with Gasteiger partial charge in [-0.2, -0.15) is 0 Å². The molecule has 3 heteroatoms. The van der Waals surface area contributed by atoms with Gasteiger partial charge in [-0.05, 0) is 0 Å². The zero-order chi connectivity index (χ0) is 16.3. The van der Waals surface area contributed by atoms with Crippen LogP contribution < -0.4 is 13.2 Å². The molecule has 0 aliphatic rings. The molecule has 0 saturated heterocycles. The fraction of sp³-hybridized carbons (Fsp3) is 0.100. The van der Waals surface area contributed by atoms with Crippen LogP contribution in [-0.2, 0) is 3.08 Å². The number of hydrogen-bond acceptors (Lipinski definition) is 1. The molecule has 1 nitrogen and oxygen atoms in total. The van der Waals surface area contributed by atoms with Gasteiger partial charge in [-0.15, -0.1) is 0 Å². The van der Waals surface area contributed by atoms with Crippen molar-refractivity contribution in [3.05, 3.63) is 91.0 Å². The Labute approximate surface area is 153 Å². The van der Waals surface area contributed by atoms with Crippen molar-refractivity contribution < 1.29 is 3.08 Å². The van der Waals surface area contributed by atoms with Crippen molar-refractivity contribution in [2.45, 2.75) is 11.4 Å². The molecule has 0 N–H and O–H groups in total. The van der Waals surface area contributed by atoms with Crippen LogP contribution >= 0.6 is 0 Å². The molecule has 0 amide bonds. The van der Waals surface area contributed by atoms with Gasteiger partial charge in [0, 0.05) is 0 Å². The molecule has 0 spiro atoms. The van der Waals surface area contributed by atoms with Gasteiger partial charge in [0.05, 0.1) is 0 Å². The molecule has 0 saturated carbocycles. The quantitative estimate of drug-likeness (QED) is 0.539.